The number of nitrogens with zero attached hydrogens (tertiary/aromatic N) is 1. The Morgan fingerprint density at radius 3 is 2.76 bits per heavy atom. The van der Waals surface area contributed by atoms with E-state index >= 15 is 0 Å². The average molecular weight is 236 g/mol. The molecule has 2 amide bonds. The second-order valence-electron chi connectivity index (χ2n) is 4.07. The number of furan rings is 1. The van der Waals surface area contributed by atoms with E-state index in [2.05, 4.69) is 5.32 Å². The lowest BCUT2D eigenvalue weighted by molar-refractivity contribution is -0.129. The summed E-state index contributed by atoms with van der Waals surface area (Å²) in [6.07, 6.45) is 3.98. The van der Waals surface area contributed by atoms with Gasteiger partial charge in [0.15, 0.2) is 5.76 Å². The van der Waals surface area contributed by atoms with Crippen LogP contribution in [-0.2, 0) is 4.79 Å². The van der Waals surface area contributed by atoms with Gasteiger partial charge in [-0.15, -0.1) is 0 Å². The summed E-state index contributed by atoms with van der Waals surface area (Å²) >= 11 is 0. The van der Waals surface area contributed by atoms with Gasteiger partial charge in [-0.3, -0.25) is 9.59 Å². The number of likely N-dealkylation sites (tertiary alicyclic amines) is 1. The van der Waals surface area contributed by atoms with E-state index in [9.17, 15) is 9.59 Å². The standard InChI is InChI=1S/C12H16N2O3/c15-11(14-7-1-2-8-14)5-6-13-12(16)10-4-3-9-17-10/h3-4,9H,1-2,5-8H2,(H,13,16). The Morgan fingerprint density at radius 1 is 1.35 bits per heavy atom. The van der Waals surface area contributed by atoms with Gasteiger partial charge in [0.2, 0.25) is 5.91 Å². The maximum Gasteiger partial charge on any atom is 0.286 e. The van der Waals surface area contributed by atoms with E-state index in [0.717, 1.165) is 25.9 Å². The van der Waals surface area contributed by atoms with Crippen molar-refractivity contribution in [3.8, 4) is 0 Å². The summed E-state index contributed by atoms with van der Waals surface area (Å²) in [5.41, 5.74) is 0. The van der Waals surface area contributed by atoms with Gasteiger partial charge in [0.25, 0.3) is 5.91 Å². The molecule has 1 N–H and O–H groups in total. The van der Waals surface area contributed by atoms with E-state index in [1.54, 1.807) is 12.1 Å². The van der Waals surface area contributed by atoms with Crippen LogP contribution in [0.4, 0.5) is 0 Å². The normalized spacial score (nSPS) is 14.9. The number of hydrogen-bond donors (Lipinski definition) is 1. The summed E-state index contributed by atoms with van der Waals surface area (Å²) in [4.78, 5) is 25.0. The van der Waals surface area contributed by atoms with Gasteiger partial charge in [0.05, 0.1) is 6.26 Å². The van der Waals surface area contributed by atoms with Gasteiger partial charge in [-0.1, -0.05) is 0 Å². The lowest BCUT2D eigenvalue weighted by Crippen LogP contribution is -2.32. The third kappa shape index (κ3) is 3.09. The van der Waals surface area contributed by atoms with E-state index in [1.807, 2.05) is 4.90 Å². The van der Waals surface area contributed by atoms with Crippen molar-refractivity contribution in [2.75, 3.05) is 19.6 Å². The lowest BCUT2D eigenvalue weighted by atomic mass is 10.3. The molecule has 0 atom stereocenters. The van der Waals surface area contributed by atoms with Gasteiger partial charge in [-0.25, -0.2) is 0 Å². The number of hydrogen-bond acceptors (Lipinski definition) is 3. The van der Waals surface area contributed by atoms with Crippen molar-refractivity contribution in [1.82, 2.24) is 10.2 Å². The highest BCUT2D eigenvalue weighted by Gasteiger charge is 2.17. The largest absolute Gasteiger partial charge is 0.459 e. The summed E-state index contributed by atoms with van der Waals surface area (Å²) in [7, 11) is 0. The molecule has 1 saturated heterocycles. The van der Waals surface area contributed by atoms with Crippen molar-refractivity contribution in [1.29, 1.82) is 0 Å². The molecule has 0 saturated carbocycles. The van der Waals surface area contributed by atoms with E-state index in [0.29, 0.717) is 13.0 Å². The Kier molecular flexibility index (Phi) is 3.80. The number of carbonyl (C=O) groups excluding carboxylic acids is 2. The predicted octanol–water partition coefficient (Wildman–Crippen LogP) is 1.02. The smallest absolute Gasteiger partial charge is 0.286 e. The Labute approximate surface area is 99.8 Å². The van der Waals surface area contributed by atoms with Gasteiger partial charge in [-0.05, 0) is 25.0 Å². The minimum absolute atomic E-state index is 0.113. The SMILES string of the molecule is O=C(NCCC(=O)N1CCCC1)c1ccco1. The third-order valence-electron chi connectivity index (χ3n) is 2.83. The topological polar surface area (TPSA) is 62.6 Å². The first-order valence-electron chi connectivity index (χ1n) is 5.87. The maximum absolute atomic E-state index is 11.7. The Hall–Kier alpha value is -1.78. The third-order valence-corrected chi connectivity index (χ3v) is 2.83. The molecule has 17 heavy (non-hydrogen) atoms. The maximum atomic E-state index is 11.7. The van der Waals surface area contributed by atoms with E-state index in [1.165, 1.54) is 6.26 Å². The summed E-state index contributed by atoms with van der Waals surface area (Å²) in [5, 5.41) is 2.66. The highest BCUT2D eigenvalue weighted by molar-refractivity contribution is 5.91. The van der Waals surface area contributed by atoms with Crippen LogP contribution in [0.5, 0.6) is 0 Å². The molecule has 0 unspecified atom stereocenters. The van der Waals surface area contributed by atoms with Crippen LogP contribution < -0.4 is 5.32 Å². The fraction of sp³-hybridized carbons (Fsp3) is 0.500. The van der Waals surface area contributed by atoms with Gasteiger partial charge >= 0.3 is 0 Å². The summed E-state index contributed by atoms with van der Waals surface area (Å²) < 4.78 is 4.95. The minimum Gasteiger partial charge on any atom is -0.459 e. The average Bonchev–Trinajstić information content (AvgIpc) is 3.02. The van der Waals surface area contributed by atoms with Gasteiger partial charge < -0.3 is 14.6 Å². The van der Waals surface area contributed by atoms with Crippen molar-refractivity contribution >= 4 is 11.8 Å². The van der Waals surface area contributed by atoms with Crippen LogP contribution in [0.25, 0.3) is 0 Å². The molecular formula is C12H16N2O3. The summed E-state index contributed by atoms with van der Waals surface area (Å²) in [5.74, 6) is 0.116. The van der Waals surface area contributed by atoms with Crippen LogP contribution in [0.15, 0.2) is 22.8 Å². The molecule has 0 radical (unpaired) electrons. The van der Waals surface area contributed by atoms with Crippen LogP contribution in [0.1, 0.15) is 29.8 Å². The number of carbonyl (C=O) groups is 2. The van der Waals surface area contributed by atoms with Crippen LogP contribution in [0.3, 0.4) is 0 Å². The molecule has 0 aliphatic carbocycles. The van der Waals surface area contributed by atoms with Crippen molar-refractivity contribution < 1.29 is 14.0 Å². The molecule has 92 valence electrons. The molecule has 0 spiro atoms. The molecule has 1 aliphatic rings. The molecule has 1 aliphatic heterocycles. The zero-order chi connectivity index (χ0) is 12.1. The molecule has 5 heteroatoms. The molecule has 1 aromatic heterocycles. The van der Waals surface area contributed by atoms with Crippen LogP contribution in [-0.4, -0.2) is 36.3 Å². The Balaban J connectivity index is 1.69. The first-order valence-corrected chi connectivity index (χ1v) is 5.87. The molecule has 2 rings (SSSR count). The van der Waals surface area contributed by atoms with E-state index < -0.39 is 0 Å². The van der Waals surface area contributed by atoms with Crippen LogP contribution in [0.2, 0.25) is 0 Å². The molecule has 1 aromatic rings. The number of nitrogens with one attached hydrogen (secondary N) is 1. The molecular weight excluding hydrogens is 220 g/mol. The van der Waals surface area contributed by atoms with E-state index in [-0.39, 0.29) is 17.6 Å². The highest BCUT2D eigenvalue weighted by atomic mass is 16.3. The molecule has 0 aromatic carbocycles. The van der Waals surface area contributed by atoms with Gasteiger partial charge in [-0.2, -0.15) is 0 Å². The summed E-state index contributed by atoms with van der Waals surface area (Å²) in [6, 6.07) is 3.25. The number of amides is 2. The predicted molar refractivity (Wildman–Crippen MR) is 61.5 cm³/mol. The fourth-order valence-electron chi connectivity index (χ4n) is 1.90. The zero-order valence-electron chi connectivity index (χ0n) is 9.65. The lowest BCUT2D eigenvalue weighted by Gasteiger charge is -2.14. The van der Waals surface area contributed by atoms with Crippen molar-refractivity contribution in [3.63, 3.8) is 0 Å². The van der Waals surface area contributed by atoms with Crippen LogP contribution >= 0.6 is 0 Å². The second kappa shape index (κ2) is 5.52. The van der Waals surface area contributed by atoms with Gasteiger partial charge in [0, 0.05) is 26.1 Å². The van der Waals surface area contributed by atoms with Crippen LogP contribution in [0, 0.1) is 0 Å². The fourth-order valence-corrected chi connectivity index (χ4v) is 1.90. The monoisotopic (exact) mass is 236 g/mol. The molecule has 0 bridgehead atoms. The second-order valence-corrected chi connectivity index (χ2v) is 4.07. The highest BCUT2D eigenvalue weighted by Crippen LogP contribution is 2.08. The molecule has 1 fully saturated rings. The minimum atomic E-state index is -0.274. The Bertz CT molecular complexity index is 380. The molecule has 5 nitrogen and oxygen atoms in total. The molecule has 2 heterocycles. The van der Waals surface area contributed by atoms with Crippen molar-refractivity contribution in [2.45, 2.75) is 19.3 Å². The van der Waals surface area contributed by atoms with Gasteiger partial charge in [0.1, 0.15) is 0 Å². The Morgan fingerprint density at radius 2 is 2.12 bits per heavy atom. The quantitative estimate of drug-likeness (QED) is 0.849. The summed E-state index contributed by atoms with van der Waals surface area (Å²) in [6.45, 7) is 2.06. The number of rotatable bonds is 4. The van der Waals surface area contributed by atoms with Crippen molar-refractivity contribution in [2.24, 2.45) is 0 Å². The van der Waals surface area contributed by atoms with Crippen molar-refractivity contribution in [3.05, 3.63) is 24.2 Å². The first kappa shape index (κ1) is 11.7. The zero-order valence-corrected chi connectivity index (χ0v) is 9.65. The van der Waals surface area contributed by atoms with E-state index in [4.69, 9.17) is 4.42 Å². The first-order chi connectivity index (χ1) is 8.27.